The van der Waals surface area contributed by atoms with Gasteiger partial charge in [0.2, 0.25) is 0 Å². The molecule has 0 saturated heterocycles. The predicted molar refractivity (Wildman–Crippen MR) is 97.0 cm³/mol. The van der Waals surface area contributed by atoms with E-state index >= 15 is 0 Å². The lowest BCUT2D eigenvalue weighted by Gasteiger charge is -2.12. The Hall–Kier alpha value is -1.76. The molecule has 1 heterocycles. The Morgan fingerprint density at radius 2 is 1.75 bits per heavy atom. The van der Waals surface area contributed by atoms with Gasteiger partial charge in [-0.1, -0.05) is 23.4 Å². The molecule has 0 aliphatic rings. The lowest BCUT2D eigenvalue weighted by Crippen LogP contribution is -2.00. The molecule has 0 bridgehead atoms. The molecule has 3 rings (SSSR count). The quantitative estimate of drug-likeness (QED) is 0.670. The maximum absolute atomic E-state index is 11.7. The van der Waals surface area contributed by atoms with Crippen LogP contribution in [0.3, 0.4) is 0 Å². The third-order valence-corrected chi connectivity index (χ3v) is 5.77. The van der Waals surface area contributed by atoms with Gasteiger partial charge >= 0.3 is 0 Å². The second kappa shape index (κ2) is 6.63. The Bertz CT molecular complexity index is 1000. The van der Waals surface area contributed by atoms with Crippen LogP contribution < -0.4 is 4.74 Å². The minimum atomic E-state index is -3.35. The number of hydrogen-bond acceptors (Lipinski definition) is 5. The van der Waals surface area contributed by atoms with Crippen LogP contribution in [-0.4, -0.2) is 26.8 Å². The van der Waals surface area contributed by atoms with Gasteiger partial charge in [0.15, 0.2) is 14.9 Å². The summed E-state index contributed by atoms with van der Waals surface area (Å²) in [5.41, 5.74) is 0.607. The molecule has 0 radical (unpaired) electrons. The van der Waals surface area contributed by atoms with E-state index in [1.807, 2.05) is 24.3 Å². The average molecular weight is 380 g/mol. The van der Waals surface area contributed by atoms with Crippen molar-refractivity contribution in [2.75, 3.05) is 13.4 Å². The van der Waals surface area contributed by atoms with Gasteiger partial charge in [-0.3, -0.25) is 0 Å². The molecule has 0 saturated carbocycles. The normalized spacial score (nSPS) is 11.6. The number of nitrogens with zero attached hydrogens (tertiary/aromatic N) is 1. The Balaban J connectivity index is 2.15. The summed E-state index contributed by atoms with van der Waals surface area (Å²) in [7, 11) is -1.75. The smallest absolute Gasteiger partial charge is 0.192 e. The summed E-state index contributed by atoms with van der Waals surface area (Å²) in [5, 5.41) is 1.56. The SMILES string of the molecule is COc1ccc2nc(S(C)(=O)=O)ccc2c1Sc1ccc(Cl)cc1. The van der Waals surface area contributed by atoms with Gasteiger partial charge in [-0.15, -0.1) is 0 Å². The lowest BCUT2D eigenvalue weighted by atomic mass is 10.2. The number of ether oxygens (including phenoxy) is 1. The second-order valence-corrected chi connectivity index (χ2v) is 8.62. The molecule has 7 heteroatoms. The van der Waals surface area contributed by atoms with Crippen molar-refractivity contribution in [1.82, 2.24) is 4.98 Å². The van der Waals surface area contributed by atoms with Gasteiger partial charge < -0.3 is 4.74 Å². The van der Waals surface area contributed by atoms with E-state index in [9.17, 15) is 8.42 Å². The molecule has 4 nitrogen and oxygen atoms in total. The van der Waals surface area contributed by atoms with Crippen LogP contribution in [-0.2, 0) is 9.84 Å². The Labute approximate surface area is 149 Å². The number of pyridine rings is 1. The van der Waals surface area contributed by atoms with Crippen molar-refractivity contribution in [3.8, 4) is 5.75 Å². The van der Waals surface area contributed by atoms with Crippen LogP contribution >= 0.6 is 23.4 Å². The van der Waals surface area contributed by atoms with Crippen molar-refractivity contribution in [2.45, 2.75) is 14.8 Å². The minimum absolute atomic E-state index is 0.0580. The molecule has 0 aliphatic heterocycles. The van der Waals surface area contributed by atoms with Crippen molar-refractivity contribution >= 4 is 44.1 Å². The van der Waals surface area contributed by atoms with E-state index in [1.54, 1.807) is 25.3 Å². The molecule has 0 N–H and O–H groups in total. The maximum atomic E-state index is 11.7. The summed E-state index contributed by atoms with van der Waals surface area (Å²) in [6, 6.07) is 14.3. The number of hydrogen-bond donors (Lipinski definition) is 0. The van der Waals surface area contributed by atoms with E-state index in [1.165, 1.54) is 17.8 Å². The molecule has 2 aromatic carbocycles. The number of methoxy groups -OCH3 is 1. The fraction of sp³-hybridized carbons (Fsp3) is 0.118. The van der Waals surface area contributed by atoms with E-state index < -0.39 is 9.84 Å². The van der Waals surface area contributed by atoms with Crippen LogP contribution in [0, 0.1) is 0 Å². The molecule has 3 aromatic rings. The summed E-state index contributed by atoms with van der Waals surface area (Å²) in [5.74, 6) is 0.705. The Morgan fingerprint density at radius 1 is 1.04 bits per heavy atom. The van der Waals surface area contributed by atoms with Crippen molar-refractivity contribution in [1.29, 1.82) is 0 Å². The Kier molecular flexibility index (Phi) is 4.71. The Morgan fingerprint density at radius 3 is 2.38 bits per heavy atom. The first-order valence-corrected chi connectivity index (χ1v) is 10.1. The molecule has 1 aromatic heterocycles. The topological polar surface area (TPSA) is 56.3 Å². The molecule has 24 heavy (non-hydrogen) atoms. The van der Waals surface area contributed by atoms with Crippen molar-refractivity contribution in [3.05, 3.63) is 53.6 Å². The van der Waals surface area contributed by atoms with E-state index in [-0.39, 0.29) is 5.03 Å². The highest BCUT2D eigenvalue weighted by molar-refractivity contribution is 7.99. The summed E-state index contributed by atoms with van der Waals surface area (Å²) >= 11 is 7.44. The fourth-order valence-corrected chi connectivity index (χ4v) is 3.98. The average Bonchev–Trinajstić information content (AvgIpc) is 2.56. The van der Waals surface area contributed by atoms with E-state index in [0.717, 1.165) is 21.4 Å². The largest absolute Gasteiger partial charge is 0.496 e. The van der Waals surface area contributed by atoms with E-state index in [0.29, 0.717) is 16.3 Å². The first-order chi connectivity index (χ1) is 11.4. The monoisotopic (exact) mass is 379 g/mol. The van der Waals surface area contributed by atoms with Gasteiger partial charge in [-0.05, 0) is 48.5 Å². The van der Waals surface area contributed by atoms with Gasteiger partial charge in [0.1, 0.15) is 5.75 Å². The highest BCUT2D eigenvalue weighted by Crippen LogP contribution is 2.40. The standard InChI is InChI=1S/C17H14ClNO3S2/c1-22-15-9-8-14-13(7-10-16(19-14)24(2,20)21)17(15)23-12-5-3-11(18)4-6-12/h3-10H,1-2H3. The molecular weight excluding hydrogens is 366 g/mol. The zero-order valence-corrected chi connectivity index (χ0v) is 15.4. The second-order valence-electron chi connectivity index (χ2n) is 5.14. The molecular formula is C17H14ClNO3S2. The third-order valence-electron chi connectivity index (χ3n) is 3.39. The van der Waals surface area contributed by atoms with E-state index in [2.05, 4.69) is 4.98 Å². The highest BCUT2D eigenvalue weighted by Gasteiger charge is 2.15. The summed E-state index contributed by atoms with van der Waals surface area (Å²) < 4.78 is 28.9. The minimum Gasteiger partial charge on any atom is -0.496 e. The molecule has 0 unspecified atom stereocenters. The van der Waals surface area contributed by atoms with Gasteiger partial charge in [0.25, 0.3) is 0 Å². The summed E-state index contributed by atoms with van der Waals surface area (Å²) in [4.78, 5) is 6.14. The third kappa shape index (κ3) is 3.50. The van der Waals surface area contributed by atoms with Crippen LogP contribution in [0.25, 0.3) is 10.9 Å². The zero-order valence-electron chi connectivity index (χ0n) is 13.0. The van der Waals surface area contributed by atoms with Crippen LogP contribution in [0.15, 0.2) is 63.3 Å². The molecule has 0 aliphatic carbocycles. The number of sulfone groups is 1. The van der Waals surface area contributed by atoms with Gasteiger partial charge in [-0.25, -0.2) is 13.4 Å². The first kappa shape index (κ1) is 17.1. The summed E-state index contributed by atoms with van der Waals surface area (Å²) in [6.45, 7) is 0. The number of benzene rings is 2. The lowest BCUT2D eigenvalue weighted by molar-refractivity contribution is 0.406. The maximum Gasteiger partial charge on any atom is 0.192 e. The molecule has 0 fully saturated rings. The summed E-state index contributed by atoms with van der Waals surface area (Å²) in [6.07, 6.45) is 1.15. The highest BCUT2D eigenvalue weighted by atomic mass is 35.5. The molecule has 0 amide bonds. The van der Waals surface area contributed by atoms with Gasteiger partial charge in [0, 0.05) is 21.6 Å². The molecule has 124 valence electrons. The van der Waals surface area contributed by atoms with Gasteiger partial charge in [0.05, 0.1) is 17.5 Å². The number of aromatic nitrogens is 1. The number of fused-ring (bicyclic) bond motifs is 1. The van der Waals surface area contributed by atoms with Crippen molar-refractivity contribution < 1.29 is 13.2 Å². The van der Waals surface area contributed by atoms with Crippen LogP contribution in [0.1, 0.15) is 0 Å². The van der Waals surface area contributed by atoms with Crippen molar-refractivity contribution in [2.24, 2.45) is 0 Å². The predicted octanol–water partition coefficient (Wildman–Crippen LogP) is 4.45. The number of halogens is 1. The van der Waals surface area contributed by atoms with Crippen LogP contribution in [0.5, 0.6) is 5.75 Å². The van der Waals surface area contributed by atoms with Crippen LogP contribution in [0.2, 0.25) is 5.02 Å². The molecule has 0 spiro atoms. The van der Waals surface area contributed by atoms with Crippen LogP contribution in [0.4, 0.5) is 0 Å². The number of rotatable bonds is 4. The van der Waals surface area contributed by atoms with Crippen molar-refractivity contribution in [3.63, 3.8) is 0 Å². The zero-order chi connectivity index (χ0) is 17.3. The van der Waals surface area contributed by atoms with E-state index in [4.69, 9.17) is 16.3 Å². The molecule has 0 atom stereocenters. The fourth-order valence-electron chi connectivity index (χ4n) is 2.23. The van der Waals surface area contributed by atoms with Gasteiger partial charge in [-0.2, -0.15) is 0 Å². The first-order valence-electron chi connectivity index (χ1n) is 7.00.